The Bertz CT molecular complexity index is 996. The van der Waals surface area contributed by atoms with Crippen molar-refractivity contribution in [2.24, 2.45) is 7.05 Å². The van der Waals surface area contributed by atoms with Gasteiger partial charge < -0.3 is 14.2 Å². The van der Waals surface area contributed by atoms with Gasteiger partial charge in [0, 0.05) is 25.5 Å². The highest BCUT2D eigenvalue weighted by molar-refractivity contribution is 6.06. The van der Waals surface area contributed by atoms with Gasteiger partial charge in [-0.05, 0) is 30.3 Å². The molecule has 134 valence electrons. The number of rotatable bonds is 5. The van der Waals surface area contributed by atoms with Gasteiger partial charge in [0.1, 0.15) is 18.2 Å². The summed E-state index contributed by atoms with van der Waals surface area (Å²) >= 11 is 0. The fourth-order valence-electron chi connectivity index (χ4n) is 2.73. The minimum atomic E-state index is -0.331. The molecule has 0 spiro atoms. The highest BCUT2D eigenvalue weighted by atomic mass is 19.1. The molecule has 3 aromatic rings. The molecule has 0 bridgehead atoms. The molecule has 26 heavy (non-hydrogen) atoms. The third-order valence-electron chi connectivity index (χ3n) is 4.24. The molecule has 0 radical (unpaired) electrons. The van der Waals surface area contributed by atoms with Crippen molar-refractivity contribution in [2.45, 2.75) is 0 Å². The van der Waals surface area contributed by atoms with Crippen LogP contribution in [0.2, 0.25) is 0 Å². The van der Waals surface area contributed by atoms with Crippen molar-refractivity contribution in [1.82, 2.24) is 9.47 Å². The lowest BCUT2D eigenvalue weighted by Crippen LogP contribution is -2.32. The number of para-hydroxylation sites is 1. The Balaban J connectivity index is 1.74. The number of carbonyl (C=O) groups excluding carboxylic acids is 1. The average molecular weight is 354 g/mol. The highest BCUT2D eigenvalue weighted by Gasteiger charge is 2.17. The fraction of sp³-hybridized carbons (Fsp3) is 0.200. The lowest BCUT2D eigenvalue weighted by atomic mass is 10.1. The molecule has 0 N–H and O–H groups in total. The molecule has 0 unspecified atom stereocenters. The molecule has 6 heteroatoms. The van der Waals surface area contributed by atoms with Crippen LogP contribution in [0, 0.1) is 5.82 Å². The number of likely N-dealkylation sites (N-methyl/N-ethyl adjacent to an activating group) is 1. The summed E-state index contributed by atoms with van der Waals surface area (Å²) in [5, 5.41) is 0.728. The Hall–Kier alpha value is -3.15. The van der Waals surface area contributed by atoms with Crippen LogP contribution in [-0.4, -0.2) is 35.6 Å². The van der Waals surface area contributed by atoms with Gasteiger partial charge in [0.15, 0.2) is 0 Å². The van der Waals surface area contributed by atoms with Crippen LogP contribution in [0.25, 0.3) is 10.9 Å². The van der Waals surface area contributed by atoms with Crippen LogP contribution in [0.15, 0.2) is 59.4 Å². The second-order valence-electron chi connectivity index (χ2n) is 6.00. The number of pyridine rings is 1. The zero-order valence-corrected chi connectivity index (χ0v) is 14.6. The Morgan fingerprint density at radius 3 is 2.58 bits per heavy atom. The lowest BCUT2D eigenvalue weighted by Gasteiger charge is -2.19. The molecule has 1 amide bonds. The van der Waals surface area contributed by atoms with Crippen LogP contribution in [0.3, 0.4) is 0 Å². The van der Waals surface area contributed by atoms with E-state index in [2.05, 4.69) is 0 Å². The van der Waals surface area contributed by atoms with Crippen molar-refractivity contribution in [2.75, 3.05) is 20.2 Å². The molecule has 0 atom stereocenters. The van der Waals surface area contributed by atoms with Gasteiger partial charge in [0.05, 0.1) is 17.6 Å². The van der Waals surface area contributed by atoms with Gasteiger partial charge in [-0.25, -0.2) is 4.39 Å². The van der Waals surface area contributed by atoms with Crippen molar-refractivity contribution in [3.8, 4) is 5.75 Å². The van der Waals surface area contributed by atoms with Gasteiger partial charge in [-0.1, -0.05) is 18.2 Å². The number of fused-ring (bicyclic) bond motifs is 1. The number of benzene rings is 2. The quantitative estimate of drug-likeness (QED) is 0.708. The predicted molar refractivity (Wildman–Crippen MR) is 98.0 cm³/mol. The number of nitrogens with zero attached hydrogens (tertiary/aromatic N) is 2. The summed E-state index contributed by atoms with van der Waals surface area (Å²) in [5.74, 6) is -0.0462. The SMILES string of the molecule is CN(CCOc1ccc(F)cc1)C(=O)c1cc(=O)n(C)c2ccccc12. The number of hydrogen-bond acceptors (Lipinski definition) is 3. The molecule has 1 aromatic heterocycles. The van der Waals surface area contributed by atoms with Gasteiger partial charge in [0.2, 0.25) is 0 Å². The van der Waals surface area contributed by atoms with Crippen molar-refractivity contribution in [3.05, 3.63) is 76.3 Å². The maximum absolute atomic E-state index is 12.9. The van der Waals surface area contributed by atoms with Crippen LogP contribution in [0.1, 0.15) is 10.4 Å². The summed E-state index contributed by atoms with van der Waals surface area (Å²) in [6, 6.07) is 14.4. The topological polar surface area (TPSA) is 51.5 Å². The van der Waals surface area contributed by atoms with Gasteiger partial charge in [-0.3, -0.25) is 9.59 Å². The van der Waals surface area contributed by atoms with E-state index in [9.17, 15) is 14.0 Å². The van der Waals surface area contributed by atoms with Crippen LogP contribution < -0.4 is 10.3 Å². The molecule has 0 aliphatic carbocycles. The first-order valence-corrected chi connectivity index (χ1v) is 8.20. The van der Waals surface area contributed by atoms with E-state index in [1.54, 1.807) is 14.1 Å². The molecule has 0 fully saturated rings. The third-order valence-corrected chi connectivity index (χ3v) is 4.24. The van der Waals surface area contributed by atoms with E-state index in [0.717, 1.165) is 5.39 Å². The molecule has 1 heterocycles. The van der Waals surface area contributed by atoms with E-state index in [1.807, 2.05) is 24.3 Å². The Morgan fingerprint density at radius 2 is 1.85 bits per heavy atom. The first kappa shape index (κ1) is 17.7. The van der Waals surface area contributed by atoms with Crippen molar-refractivity contribution in [3.63, 3.8) is 0 Å². The molecule has 0 aliphatic heterocycles. The zero-order valence-electron chi connectivity index (χ0n) is 14.6. The molecule has 2 aromatic carbocycles. The summed E-state index contributed by atoms with van der Waals surface area (Å²) in [4.78, 5) is 26.4. The molecule has 0 saturated carbocycles. The van der Waals surface area contributed by atoms with Crippen molar-refractivity contribution < 1.29 is 13.9 Å². The van der Waals surface area contributed by atoms with E-state index in [-0.39, 0.29) is 23.9 Å². The summed E-state index contributed by atoms with van der Waals surface area (Å²) in [5.41, 5.74) is 0.843. The molecule has 5 nitrogen and oxygen atoms in total. The van der Waals surface area contributed by atoms with E-state index in [1.165, 1.54) is 39.8 Å². The number of aryl methyl sites for hydroxylation is 1. The maximum Gasteiger partial charge on any atom is 0.254 e. The number of ether oxygens (including phenoxy) is 1. The first-order chi connectivity index (χ1) is 12.5. The number of hydrogen-bond donors (Lipinski definition) is 0. The normalized spacial score (nSPS) is 10.7. The zero-order chi connectivity index (χ0) is 18.7. The number of carbonyl (C=O) groups is 1. The fourth-order valence-corrected chi connectivity index (χ4v) is 2.73. The second kappa shape index (κ2) is 7.39. The van der Waals surface area contributed by atoms with Crippen molar-refractivity contribution in [1.29, 1.82) is 0 Å². The van der Waals surface area contributed by atoms with E-state index >= 15 is 0 Å². The molecule has 0 saturated heterocycles. The standard InChI is InChI=1S/C20H19FN2O3/c1-22(11-12-26-15-9-7-14(21)8-10-15)20(25)17-13-19(24)23(2)18-6-4-3-5-16(17)18/h3-10,13H,11-12H2,1-2H3. The van der Waals surface area contributed by atoms with Crippen LogP contribution in [-0.2, 0) is 7.05 Å². The lowest BCUT2D eigenvalue weighted by molar-refractivity contribution is 0.0775. The molecular weight excluding hydrogens is 335 g/mol. The van der Waals surface area contributed by atoms with Gasteiger partial charge in [0.25, 0.3) is 11.5 Å². The monoisotopic (exact) mass is 354 g/mol. The summed E-state index contributed by atoms with van der Waals surface area (Å²) in [6.07, 6.45) is 0. The number of amides is 1. The molecular formula is C20H19FN2O3. The summed E-state index contributed by atoms with van der Waals surface area (Å²) in [7, 11) is 3.34. The highest BCUT2D eigenvalue weighted by Crippen LogP contribution is 2.17. The van der Waals surface area contributed by atoms with Crippen LogP contribution in [0.4, 0.5) is 4.39 Å². The minimum absolute atomic E-state index is 0.233. The van der Waals surface area contributed by atoms with Crippen LogP contribution >= 0.6 is 0 Å². The van der Waals surface area contributed by atoms with E-state index < -0.39 is 0 Å². The maximum atomic E-state index is 12.9. The minimum Gasteiger partial charge on any atom is -0.492 e. The Kier molecular flexibility index (Phi) is 5.02. The Labute approximate surface area is 150 Å². The third kappa shape index (κ3) is 3.59. The number of halogens is 1. The van der Waals surface area contributed by atoms with E-state index in [0.29, 0.717) is 23.4 Å². The summed E-state index contributed by atoms with van der Waals surface area (Å²) < 4.78 is 19.9. The van der Waals surface area contributed by atoms with Crippen LogP contribution in [0.5, 0.6) is 5.75 Å². The predicted octanol–water partition coefficient (Wildman–Crippen LogP) is 2.83. The van der Waals surface area contributed by atoms with Gasteiger partial charge >= 0.3 is 0 Å². The average Bonchev–Trinajstić information content (AvgIpc) is 2.65. The molecule has 0 aliphatic rings. The first-order valence-electron chi connectivity index (χ1n) is 8.20. The van der Waals surface area contributed by atoms with E-state index in [4.69, 9.17) is 4.74 Å². The van der Waals surface area contributed by atoms with Crippen molar-refractivity contribution >= 4 is 16.8 Å². The Morgan fingerprint density at radius 1 is 1.15 bits per heavy atom. The number of aromatic nitrogens is 1. The largest absolute Gasteiger partial charge is 0.492 e. The van der Waals surface area contributed by atoms with Gasteiger partial charge in [-0.2, -0.15) is 0 Å². The second-order valence-corrected chi connectivity index (χ2v) is 6.00. The summed E-state index contributed by atoms with van der Waals surface area (Å²) in [6.45, 7) is 0.594. The smallest absolute Gasteiger partial charge is 0.254 e. The van der Waals surface area contributed by atoms with Gasteiger partial charge in [-0.15, -0.1) is 0 Å². The molecule has 3 rings (SSSR count).